The van der Waals surface area contributed by atoms with Crippen LogP contribution >= 0.6 is 0 Å². The molecule has 0 aromatic heterocycles. The van der Waals surface area contributed by atoms with E-state index in [1.807, 2.05) is 13.0 Å². The predicted molar refractivity (Wildman–Crippen MR) is 93.8 cm³/mol. The summed E-state index contributed by atoms with van der Waals surface area (Å²) in [5, 5.41) is 9.62. The van der Waals surface area contributed by atoms with Crippen LogP contribution in [0.15, 0.2) is 41.3 Å². The van der Waals surface area contributed by atoms with Crippen molar-refractivity contribution < 1.29 is 18.3 Å². The second kappa shape index (κ2) is 7.34. The molecule has 1 atom stereocenters. The number of nitrogens with one attached hydrogen (secondary N) is 1. The zero-order chi connectivity index (χ0) is 17.9. The van der Waals surface area contributed by atoms with E-state index in [1.165, 1.54) is 0 Å². The number of methoxy groups -OCH3 is 1. The summed E-state index contributed by atoms with van der Waals surface area (Å²) in [5.74, 6) is 0.658. The van der Waals surface area contributed by atoms with Crippen LogP contribution < -0.4 is 9.46 Å². The molecule has 1 unspecified atom stereocenters. The zero-order valence-corrected chi connectivity index (χ0v) is 15.1. The highest BCUT2D eigenvalue weighted by atomic mass is 32.2. The predicted octanol–water partition coefficient (Wildman–Crippen LogP) is 2.63. The molecule has 24 heavy (non-hydrogen) atoms. The highest BCUT2D eigenvalue weighted by Crippen LogP contribution is 2.31. The van der Waals surface area contributed by atoms with Gasteiger partial charge in [-0.2, -0.15) is 0 Å². The van der Waals surface area contributed by atoms with Crippen molar-refractivity contribution in [3.63, 3.8) is 0 Å². The molecule has 0 amide bonds. The topological polar surface area (TPSA) is 75.6 Å². The van der Waals surface area contributed by atoms with Gasteiger partial charge in [-0.3, -0.25) is 0 Å². The molecule has 0 bridgehead atoms. The van der Waals surface area contributed by atoms with Gasteiger partial charge in [-0.1, -0.05) is 30.3 Å². The minimum absolute atomic E-state index is 0.232. The first-order valence-corrected chi connectivity index (χ1v) is 9.13. The van der Waals surface area contributed by atoms with Crippen molar-refractivity contribution in [3.05, 3.63) is 58.7 Å². The van der Waals surface area contributed by atoms with E-state index < -0.39 is 16.1 Å². The normalized spacial score (nSPS) is 12.9. The third-order valence-electron chi connectivity index (χ3n) is 4.15. The molecule has 130 valence electrons. The highest BCUT2D eigenvalue weighted by Gasteiger charge is 2.26. The van der Waals surface area contributed by atoms with Gasteiger partial charge in [-0.15, -0.1) is 0 Å². The second-order valence-electron chi connectivity index (χ2n) is 5.74. The van der Waals surface area contributed by atoms with Gasteiger partial charge in [0.2, 0.25) is 10.0 Å². The first-order valence-electron chi connectivity index (χ1n) is 7.64. The summed E-state index contributed by atoms with van der Waals surface area (Å²) in [5.41, 5.74) is 2.74. The quantitative estimate of drug-likeness (QED) is 0.841. The number of sulfonamides is 1. The van der Waals surface area contributed by atoms with Gasteiger partial charge >= 0.3 is 0 Å². The van der Waals surface area contributed by atoms with Gasteiger partial charge in [-0.05, 0) is 49.1 Å². The summed E-state index contributed by atoms with van der Waals surface area (Å²) in [7, 11) is -2.23. The largest absolute Gasteiger partial charge is 0.496 e. The van der Waals surface area contributed by atoms with E-state index in [4.69, 9.17) is 4.74 Å². The highest BCUT2D eigenvalue weighted by molar-refractivity contribution is 7.89. The van der Waals surface area contributed by atoms with Crippen molar-refractivity contribution in [2.75, 3.05) is 13.7 Å². The molecule has 2 N–H and O–H groups in total. The molecule has 0 heterocycles. The maximum Gasteiger partial charge on any atom is 0.241 e. The van der Waals surface area contributed by atoms with Crippen molar-refractivity contribution in [3.8, 4) is 5.75 Å². The molecule has 0 spiro atoms. The van der Waals surface area contributed by atoms with Gasteiger partial charge in [0.05, 0.1) is 24.7 Å². The lowest BCUT2D eigenvalue weighted by molar-refractivity contribution is 0.259. The third kappa shape index (κ3) is 3.61. The standard InChI is InChI=1S/C18H23NO4S/c1-12-10-17(23-4)13(2)14(3)18(12)24(21,22)19-16(11-20)15-8-6-5-7-9-15/h5-10,16,19-20H,11H2,1-4H3. The molecule has 0 fully saturated rings. The fraction of sp³-hybridized carbons (Fsp3) is 0.333. The number of rotatable bonds is 6. The second-order valence-corrected chi connectivity index (χ2v) is 7.39. The number of aliphatic hydroxyl groups is 1. The SMILES string of the molecule is COc1cc(C)c(S(=O)(=O)NC(CO)c2ccccc2)c(C)c1C. The van der Waals surface area contributed by atoms with Gasteiger partial charge in [0, 0.05) is 0 Å². The summed E-state index contributed by atoms with van der Waals surface area (Å²) in [4.78, 5) is 0.232. The summed E-state index contributed by atoms with van der Waals surface area (Å²) in [6.45, 7) is 5.00. The van der Waals surface area contributed by atoms with Gasteiger partial charge in [-0.25, -0.2) is 13.1 Å². The van der Waals surface area contributed by atoms with E-state index in [1.54, 1.807) is 51.3 Å². The van der Waals surface area contributed by atoms with Crippen LogP contribution in [0.3, 0.4) is 0 Å². The molecule has 0 saturated heterocycles. The van der Waals surface area contributed by atoms with Crippen LogP contribution in [0.5, 0.6) is 5.75 Å². The van der Waals surface area contributed by atoms with Crippen molar-refractivity contribution in [2.45, 2.75) is 31.7 Å². The molecular formula is C18H23NO4S. The van der Waals surface area contributed by atoms with E-state index in [9.17, 15) is 13.5 Å². The van der Waals surface area contributed by atoms with E-state index in [0.29, 0.717) is 22.4 Å². The Bertz CT molecular complexity index is 817. The van der Waals surface area contributed by atoms with Crippen LogP contribution in [0.1, 0.15) is 28.3 Å². The Morgan fingerprint density at radius 2 is 1.75 bits per heavy atom. The number of aliphatic hydroxyl groups excluding tert-OH is 1. The average molecular weight is 349 g/mol. The lowest BCUT2D eigenvalue weighted by Crippen LogP contribution is -2.32. The monoisotopic (exact) mass is 349 g/mol. The van der Waals surface area contributed by atoms with E-state index in [-0.39, 0.29) is 11.5 Å². The molecule has 0 saturated carbocycles. The summed E-state index contributed by atoms with van der Waals surface area (Å²) < 4.78 is 33.7. The molecule has 2 aromatic rings. The zero-order valence-electron chi connectivity index (χ0n) is 14.3. The first-order chi connectivity index (χ1) is 11.3. The van der Waals surface area contributed by atoms with Crippen LogP contribution in [0.4, 0.5) is 0 Å². The van der Waals surface area contributed by atoms with Gasteiger partial charge in [0.15, 0.2) is 0 Å². The summed E-state index contributed by atoms with van der Waals surface area (Å²) in [6.07, 6.45) is 0. The Morgan fingerprint density at radius 3 is 2.29 bits per heavy atom. The van der Waals surface area contributed by atoms with Crippen molar-refractivity contribution >= 4 is 10.0 Å². The number of ether oxygens (including phenoxy) is 1. The van der Waals surface area contributed by atoms with Crippen LogP contribution in [0, 0.1) is 20.8 Å². The molecule has 6 heteroatoms. The smallest absolute Gasteiger partial charge is 0.241 e. The Kier molecular flexibility index (Phi) is 5.64. The van der Waals surface area contributed by atoms with E-state index in [2.05, 4.69) is 4.72 Å². The molecule has 0 aliphatic rings. The Labute approximate surface area is 143 Å². The number of hydrogen-bond acceptors (Lipinski definition) is 4. The average Bonchev–Trinajstić information content (AvgIpc) is 2.56. The lowest BCUT2D eigenvalue weighted by Gasteiger charge is -2.20. The number of hydrogen-bond donors (Lipinski definition) is 2. The van der Waals surface area contributed by atoms with Crippen LogP contribution in [0.2, 0.25) is 0 Å². The summed E-state index contributed by atoms with van der Waals surface area (Å²) >= 11 is 0. The summed E-state index contributed by atoms with van der Waals surface area (Å²) in [6, 6.07) is 10.0. The van der Waals surface area contributed by atoms with Gasteiger partial charge < -0.3 is 9.84 Å². The van der Waals surface area contributed by atoms with Crippen LogP contribution in [0.25, 0.3) is 0 Å². The molecule has 0 aliphatic carbocycles. The first kappa shape index (κ1) is 18.4. The van der Waals surface area contributed by atoms with Crippen LogP contribution in [-0.4, -0.2) is 27.2 Å². The molecule has 2 rings (SSSR count). The Balaban J connectivity index is 2.46. The number of benzene rings is 2. The molecular weight excluding hydrogens is 326 g/mol. The third-order valence-corrected chi connectivity index (χ3v) is 5.91. The minimum Gasteiger partial charge on any atom is -0.496 e. The fourth-order valence-electron chi connectivity index (χ4n) is 2.79. The van der Waals surface area contributed by atoms with Gasteiger partial charge in [0.1, 0.15) is 5.75 Å². The maximum atomic E-state index is 12.9. The Morgan fingerprint density at radius 1 is 1.12 bits per heavy atom. The molecule has 2 aromatic carbocycles. The van der Waals surface area contributed by atoms with Crippen LogP contribution in [-0.2, 0) is 10.0 Å². The lowest BCUT2D eigenvalue weighted by atomic mass is 10.1. The van der Waals surface area contributed by atoms with Crippen molar-refractivity contribution in [1.29, 1.82) is 0 Å². The maximum absolute atomic E-state index is 12.9. The van der Waals surface area contributed by atoms with E-state index >= 15 is 0 Å². The van der Waals surface area contributed by atoms with Crippen molar-refractivity contribution in [2.24, 2.45) is 0 Å². The molecule has 0 radical (unpaired) electrons. The van der Waals surface area contributed by atoms with Crippen molar-refractivity contribution in [1.82, 2.24) is 4.72 Å². The number of aryl methyl sites for hydroxylation is 1. The Hall–Kier alpha value is -1.89. The molecule has 0 aliphatic heterocycles. The fourth-order valence-corrected chi connectivity index (χ4v) is 4.53. The van der Waals surface area contributed by atoms with Gasteiger partial charge in [0.25, 0.3) is 0 Å². The molecule has 5 nitrogen and oxygen atoms in total. The minimum atomic E-state index is -3.79. The van der Waals surface area contributed by atoms with E-state index in [0.717, 1.165) is 5.56 Å².